The van der Waals surface area contributed by atoms with Crippen molar-refractivity contribution in [1.29, 1.82) is 0 Å². The van der Waals surface area contributed by atoms with E-state index in [2.05, 4.69) is 21.3 Å². The van der Waals surface area contributed by atoms with Gasteiger partial charge in [0.1, 0.15) is 0 Å². The first kappa shape index (κ1) is 8.93. The quantitative estimate of drug-likeness (QED) is 0.352. The molecular weight excluding hydrogens is 140 g/mol. The molecule has 0 aromatic carbocycles. The van der Waals surface area contributed by atoms with Gasteiger partial charge in [0.15, 0.2) is 0 Å². The van der Waals surface area contributed by atoms with Crippen LogP contribution in [0.1, 0.15) is 6.42 Å². The molecule has 0 atom stereocenters. The Morgan fingerprint density at radius 1 is 0.545 bits per heavy atom. The second-order valence-electron chi connectivity index (χ2n) is 2.71. The first-order valence-corrected chi connectivity index (χ1v) is 4.33. The SMILES string of the molecule is C1CNCN1.C1CNCNC1. The predicted molar refractivity (Wildman–Crippen MR) is 46.4 cm³/mol. The van der Waals surface area contributed by atoms with Crippen LogP contribution in [0.5, 0.6) is 0 Å². The molecule has 4 N–H and O–H groups in total. The summed E-state index contributed by atoms with van der Waals surface area (Å²) < 4.78 is 0. The second-order valence-corrected chi connectivity index (χ2v) is 2.71. The van der Waals surface area contributed by atoms with Crippen molar-refractivity contribution in [3.8, 4) is 0 Å². The third kappa shape index (κ3) is 5.15. The largest absolute Gasteiger partial charge is 0.304 e. The zero-order valence-electron chi connectivity index (χ0n) is 6.95. The molecule has 2 fully saturated rings. The van der Waals surface area contributed by atoms with Crippen LogP contribution in [0.15, 0.2) is 0 Å². The maximum Gasteiger partial charge on any atom is 0.0455 e. The van der Waals surface area contributed by atoms with Crippen LogP contribution in [0.25, 0.3) is 0 Å². The Morgan fingerprint density at radius 3 is 1.18 bits per heavy atom. The third-order valence-corrected chi connectivity index (χ3v) is 1.69. The van der Waals surface area contributed by atoms with E-state index in [0.29, 0.717) is 0 Å². The molecule has 4 heteroatoms. The molecule has 2 saturated heterocycles. The van der Waals surface area contributed by atoms with Gasteiger partial charge in [-0.2, -0.15) is 0 Å². The molecule has 0 unspecified atom stereocenters. The average molecular weight is 158 g/mol. The molecule has 4 nitrogen and oxygen atoms in total. The molecule has 2 aliphatic heterocycles. The summed E-state index contributed by atoms with van der Waals surface area (Å²) in [6.07, 6.45) is 1.28. The molecule has 0 amide bonds. The van der Waals surface area contributed by atoms with E-state index in [9.17, 15) is 0 Å². The first-order chi connectivity index (χ1) is 5.50. The molecular formula is C7H18N4. The Labute approximate surface area is 68.1 Å². The fourth-order valence-electron chi connectivity index (χ4n) is 1.05. The monoisotopic (exact) mass is 158 g/mol. The maximum atomic E-state index is 3.17. The van der Waals surface area contributed by atoms with Gasteiger partial charge in [-0.1, -0.05) is 0 Å². The van der Waals surface area contributed by atoms with Gasteiger partial charge in [-0.3, -0.25) is 0 Å². The maximum absolute atomic E-state index is 3.17. The molecule has 11 heavy (non-hydrogen) atoms. The van der Waals surface area contributed by atoms with Crippen LogP contribution in [0.4, 0.5) is 0 Å². The Bertz CT molecular complexity index is 59.4. The summed E-state index contributed by atoms with van der Waals surface area (Å²) >= 11 is 0. The van der Waals surface area contributed by atoms with Gasteiger partial charge >= 0.3 is 0 Å². The van der Waals surface area contributed by atoms with Crippen molar-refractivity contribution >= 4 is 0 Å². The summed E-state index contributed by atoms with van der Waals surface area (Å²) in [5, 5.41) is 12.6. The first-order valence-electron chi connectivity index (χ1n) is 4.33. The summed E-state index contributed by atoms with van der Waals surface area (Å²) in [5.74, 6) is 0. The molecule has 0 bridgehead atoms. The predicted octanol–water partition coefficient (Wildman–Crippen LogP) is -1.34. The zero-order chi connectivity index (χ0) is 7.78. The van der Waals surface area contributed by atoms with E-state index in [1.54, 1.807) is 0 Å². The lowest BCUT2D eigenvalue weighted by Crippen LogP contribution is -2.37. The lowest BCUT2D eigenvalue weighted by atomic mass is 10.4. The number of hydrogen-bond acceptors (Lipinski definition) is 4. The van der Waals surface area contributed by atoms with Crippen molar-refractivity contribution in [2.45, 2.75) is 6.42 Å². The normalized spacial score (nSPS) is 24.0. The fourth-order valence-corrected chi connectivity index (χ4v) is 1.05. The summed E-state index contributed by atoms with van der Waals surface area (Å²) in [6, 6.07) is 0. The minimum absolute atomic E-state index is 1.00. The van der Waals surface area contributed by atoms with E-state index in [0.717, 1.165) is 26.4 Å². The van der Waals surface area contributed by atoms with Crippen molar-refractivity contribution < 1.29 is 0 Å². The van der Waals surface area contributed by atoms with Crippen LogP contribution in [0, 0.1) is 0 Å². The Morgan fingerprint density at radius 2 is 1.00 bits per heavy atom. The Hall–Kier alpha value is -0.160. The van der Waals surface area contributed by atoms with E-state index in [4.69, 9.17) is 0 Å². The molecule has 0 aliphatic carbocycles. The summed E-state index contributed by atoms with van der Waals surface area (Å²) in [4.78, 5) is 0. The van der Waals surface area contributed by atoms with Gasteiger partial charge in [0.25, 0.3) is 0 Å². The van der Waals surface area contributed by atoms with Crippen molar-refractivity contribution in [2.75, 3.05) is 39.5 Å². The highest BCUT2D eigenvalue weighted by atomic mass is 15.1. The van der Waals surface area contributed by atoms with Crippen LogP contribution in [0.2, 0.25) is 0 Å². The Balaban J connectivity index is 0.000000112. The molecule has 2 rings (SSSR count). The van der Waals surface area contributed by atoms with Crippen LogP contribution < -0.4 is 21.3 Å². The van der Waals surface area contributed by atoms with Crippen LogP contribution in [0.3, 0.4) is 0 Å². The van der Waals surface area contributed by atoms with Crippen molar-refractivity contribution in [1.82, 2.24) is 21.3 Å². The zero-order valence-corrected chi connectivity index (χ0v) is 6.95. The van der Waals surface area contributed by atoms with Gasteiger partial charge < -0.3 is 21.3 Å². The molecule has 0 radical (unpaired) electrons. The van der Waals surface area contributed by atoms with Crippen molar-refractivity contribution in [2.24, 2.45) is 0 Å². The molecule has 66 valence electrons. The third-order valence-electron chi connectivity index (χ3n) is 1.69. The minimum Gasteiger partial charge on any atom is -0.304 e. The lowest BCUT2D eigenvalue weighted by Gasteiger charge is -2.11. The van der Waals surface area contributed by atoms with Gasteiger partial charge in [0, 0.05) is 26.4 Å². The summed E-state index contributed by atoms with van der Waals surface area (Å²) in [5.41, 5.74) is 0. The van der Waals surface area contributed by atoms with Crippen molar-refractivity contribution in [3.63, 3.8) is 0 Å². The van der Waals surface area contributed by atoms with Gasteiger partial charge in [-0.15, -0.1) is 0 Å². The standard InChI is InChI=1S/C4H10N2.C3H8N2/c1-2-5-4-6-3-1;1-2-5-3-4-1/h5-6H,1-4H2;4-5H,1-3H2. The van der Waals surface area contributed by atoms with Crippen LogP contribution >= 0.6 is 0 Å². The lowest BCUT2D eigenvalue weighted by molar-refractivity contribution is 0.496. The topological polar surface area (TPSA) is 48.1 Å². The number of nitrogens with one attached hydrogen (secondary N) is 4. The fraction of sp³-hybridized carbons (Fsp3) is 1.00. The molecule has 2 heterocycles. The van der Waals surface area contributed by atoms with Gasteiger partial charge in [0.05, 0.1) is 0 Å². The highest BCUT2D eigenvalue weighted by molar-refractivity contribution is 4.55. The second kappa shape index (κ2) is 6.54. The van der Waals surface area contributed by atoms with Gasteiger partial charge in [0.2, 0.25) is 0 Å². The smallest absolute Gasteiger partial charge is 0.0455 e. The number of rotatable bonds is 0. The van der Waals surface area contributed by atoms with E-state index in [1.807, 2.05) is 0 Å². The minimum atomic E-state index is 1.00. The Kier molecular flexibility index (Phi) is 5.31. The van der Waals surface area contributed by atoms with E-state index in [1.165, 1.54) is 19.5 Å². The van der Waals surface area contributed by atoms with Gasteiger partial charge in [-0.05, 0) is 19.5 Å². The van der Waals surface area contributed by atoms with Gasteiger partial charge in [-0.25, -0.2) is 0 Å². The molecule has 0 aromatic heterocycles. The van der Waals surface area contributed by atoms with Crippen LogP contribution in [-0.4, -0.2) is 39.5 Å². The van der Waals surface area contributed by atoms with Crippen LogP contribution in [-0.2, 0) is 0 Å². The molecule has 0 saturated carbocycles. The average Bonchev–Trinajstić information content (AvgIpc) is 2.64. The van der Waals surface area contributed by atoms with E-state index >= 15 is 0 Å². The highest BCUT2D eigenvalue weighted by Gasteiger charge is 1.91. The summed E-state index contributed by atoms with van der Waals surface area (Å²) in [6.45, 7) is 6.65. The molecule has 0 spiro atoms. The molecule has 0 aromatic rings. The highest BCUT2D eigenvalue weighted by Crippen LogP contribution is 1.75. The summed E-state index contributed by atoms with van der Waals surface area (Å²) in [7, 11) is 0. The van der Waals surface area contributed by atoms with E-state index < -0.39 is 0 Å². The molecule has 2 aliphatic rings. The van der Waals surface area contributed by atoms with Crippen molar-refractivity contribution in [3.05, 3.63) is 0 Å². The van der Waals surface area contributed by atoms with E-state index in [-0.39, 0.29) is 0 Å². The number of hydrogen-bond donors (Lipinski definition) is 4.